The number of nitrogens with zero attached hydrogens (tertiary/aromatic N) is 2. The van der Waals surface area contributed by atoms with Crippen molar-refractivity contribution in [1.29, 1.82) is 0 Å². The molecule has 30 heavy (non-hydrogen) atoms. The van der Waals surface area contributed by atoms with Gasteiger partial charge in [0.1, 0.15) is 0 Å². The van der Waals surface area contributed by atoms with Crippen molar-refractivity contribution in [3.8, 4) is 16.9 Å². The highest BCUT2D eigenvalue weighted by Crippen LogP contribution is 2.33. The molecule has 0 atom stereocenters. The summed E-state index contributed by atoms with van der Waals surface area (Å²) in [6.07, 6.45) is 4.51. The highest BCUT2D eigenvalue weighted by Gasteiger charge is 2.27. The van der Waals surface area contributed by atoms with E-state index < -0.39 is 0 Å². The predicted octanol–water partition coefficient (Wildman–Crippen LogP) is 5.05. The molecule has 2 N–H and O–H groups in total. The van der Waals surface area contributed by atoms with Gasteiger partial charge in [0.05, 0.1) is 16.4 Å². The number of carbonyl (C=O) groups is 1. The van der Waals surface area contributed by atoms with Gasteiger partial charge in [-0.2, -0.15) is 5.10 Å². The maximum atomic E-state index is 13.1. The first-order valence-corrected chi connectivity index (χ1v) is 10.9. The standard InChI is InChI=1S/C23H23Cl2N3O2/c24-16-11-9-15(10-12-16)22-18(13-14-29)21(23(30)26-17-5-1-2-6-17)27-28(22)20-8-4-3-7-19(20)25/h3-4,7-12,17,29H,1-2,5-6,13-14H2,(H,26,30). The molecule has 0 saturated heterocycles. The summed E-state index contributed by atoms with van der Waals surface area (Å²) in [5, 5.41) is 18.7. The fourth-order valence-electron chi connectivity index (χ4n) is 4.01. The van der Waals surface area contributed by atoms with E-state index in [2.05, 4.69) is 10.4 Å². The van der Waals surface area contributed by atoms with Crippen molar-refractivity contribution in [2.24, 2.45) is 0 Å². The average molecular weight is 444 g/mol. The summed E-state index contributed by atoms with van der Waals surface area (Å²) in [6.45, 7) is -0.0987. The van der Waals surface area contributed by atoms with E-state index in [1.54, 1.807) is 22.9 Å². The SMILES string of the molecule is O=C(NC1CCCC1)c1nn(-c2ccccc2Cl)c(-c2ccc(Cl)cc2)c1CCO. The molecule has 0 unspecified atom stereocenters. The number of amides is 1. The molecular weight excluding hydrogens is 421 g/mol. The van der Waals surface area contributed by atoms with Gasteiger partial charge < -0.3 is 10.4 Å². The lowest BCUT2D eigenvalue weighted by molar-refractivity contribution is 0.0931. The summed E-state index contributed by atoms with van der Waals surface area (Å²) in [4.78, 5) is 13.1. The molecule has 7 heteroatoms. The van der Waals surface area contributed by atoms with Gasteiger partial charge in [-0.3, -0.25) is 4.79 Å². The molecule has 1 saturated carbocycles. The van der Waals surface area contributed by atoms with Crippen molar-refractivity contribution in [2.45, 2.75) is 38.1 Å². The Labute approximate surface area is 185 Å². The topological polar surface area (TPSA) is 67.2 Å². The van der Waals surface area contributed by atoms with Crippen molar-refractivity contribution in [1.82, 2.24) is 15.1 Å². The van der Waals surface area contributed by atoms with E-state index in [-0.39, 0.29) is 18.6 Å². The number of para-hydroxylation sites is 1. The van der Waals surface area contributed by atoms with Gasteiger partial charge in [-0.1, -0.05) is 60.3 Å². The summed E-state index contributed by atoms with van der Waals surface area (Å²) in [5.74, 6) is -0.216. The zero-order valence-electron chi connectivity index (χ0n) is 16.4. The number of aromatic nitrogens is 2. The van der Waals surface area contributed by atoms with Gasteiger partial charge >= 0.3 is 0 Å². The second-order valence-corrected chi connectivity index (χ2v) is 8.32. The van der Waals surface area contributed by atoms with Crippen molar-refractivity contribution in [3.63, 3.8) is 0 Å². The van der Waals surface area contributed by atoms with E-state index in [1.165, 1.54) is 0 Å². The third kappa shape index (κ3) is 4.24. The second-order valence-electron chi connectivity index (χ2n) is 7.47. The molecule has 0 radical (unpaired) electrons. The van der Waals surface area contributed by atoms with Gasteiger partial charge in [0.2, 0.25) is 0 Å². The Hall–Kier alpha value is -2.34. The summed E-state index contributed by atoms with van der Waals surface area (Å²) in [5.41, 5.74) is 3.25. The summed E-state index contributed by atoms with van der Waals surface area (Å²) in [6, 6.07) is 14.9. The average Bonchev–Trinajstić information content (AvgIpc) is 3.37. The van der Waals surface area contributed by atoms with Gasteiger partial charge in [-0.25, -0.2) is 4.68 Å². The molecule has 0 aliphatic heterocycles. The third-order valence-corrected chi connectivity index (χ3v) is 6.02. The Morgan fingerprint density at radius 1 is 1.10 bits per heavy atom. The van der Waals surface area contributed by atoms with E-state index in [4.69, 9.17) is 23.2 Å². The molecule has 1 heterocycles. The Morgan fingerprint density at radius 2 is 1.80 bits per heavy atom. The van der Waals surface area contributed by atoms with Crippen molar-refractivity contribution in [2.75, 3.05) is 6.61 Å². The molecule has 1 aliphatic carbocycles. The highest BCUT2D eigenvalue weighted by atomic mass is 35.5. The molecular formula is C23H23Cl2N3O2. The van der Waals surface area contributed by atoms with Gasteiger partial charge in [0, 0.05) is 35.2 Å². The Kier molecular flexibility index (Phi) is 6.42. The first kappa shape index (κ1) is 20.9. The van der Waals surface area contributed by atoms with E-state index in [0.717, 1.165) is 36.9 Å². The van der Waals surface area contributed by atoms with Crippen LogP contribution in [0, 0.1) is 0 Å². The van der Waals surface area contributed by atoms with Crippen LogP contribution in [0.5, 0.6) is 0 Å². The minimum Gasteiger partial charge on any atom is -0.396 e. The van der Waals surface area contributed by atoms with Crippen LogP contribution in [-0.4, -0.2) is 33.4 Å². The van der Waals surface area contributed by atoms with Gasteiger partial charge in [0.25, 0.3) is 5.91 Å². The monoisotopic (exact) mass is 443 g/mol. The fourth-order valence-corrected chi connectivity index (χ4v) is 4.35. The van der Waals surface area contributed by atoms with Crippen LogP contribution in [0.15, 0.2) is 48.5 Å². The quantitative estimate of drug-likeness (QED) is 0.559. The van der Waals surface area contributed by atoms with Gasteiger partial charge in [0.15, 0.2) is 5.69 Å². The molecule has 2 aromatic carbocycles. The normalized spacial score (nSPS) is 14.2. The van der Waals surface area contributed by atoms with Crippen LogP contribution < -0.4 is 5.32 Å². The van der Waals surface area contributed by atoms with Crippen LogP contribution in [0.25, 0.3) is 16.9 Å². The molecule has 1 fully saturated rings. The van der Waals surface area contributed by atoms with Crippen LogP contribution in [0.3, 0.4) is 0 Å². The molecule has 5 nitrogen and oxygen atoms in total. The van der Waals surface area contributed by atoms with Gasteiger partial charge in [-0.05, 0) is 37.1 Å². The fraction of sp³-hybridized carbons (Fsp3) is 0.304. The number of rotatable bonds is 6. The zero-order valence-corrected chi connectivity index (χ0v) is 18.0. The molecule has 1 aromatic heterocycles. The van der Waals surface area contributed by atoms with E-state index >= 15 is 0 Å². The first-order valence-electron chi connectivity index (χ1n) is 10.1. The van der Waals surface area contributed by atoms with Crippen molar-refractivity contribution < 1.29 is 9.90 Å². The van der Waals surface area contributed by atoms with Crippen molar-refractivity contribution >= 4 is 29.1 Å². The van der Waals surface area contributed by atoms with E-state index in [9.17, 15) is 9.90 Å². The van der Waals surface area contributed by atoms with E-state index in [0.29, 0.717) is 33.4 Å². The number of nitrogens with one attached hydrogen (secondary N) is 1. The van der Waals surface area contributed by atoms with Crippen molar-refractivity contribution in [3.05, 3.63) is 69.8 Å². The predicted molar refractivity (Wildman–Crippen MR) is 120 cm³/mol. The maximum absolute atomic E-state index is 13.1. The number of hydrogen-bond donors (Lipinski definition) is 2. The number of aliphatic hydroxyl groups excluding tert-OH is 1. The molecule has 0 bridgehead atoms. The molecule has 0 spiro atoms. The Bertz CT molecular complexity index is 1040. The molecule has 1 aliphatic rings. The summed E-state index contributed by atoms with van der Waals surface area (Å²) < 4.78 is 1.69. The summed E-state index contributed by atoms with van der Waals surface area (Å²) in [7, 11) is 0. The molecule has 156 valence electrons. The number of halogens is 2. The van der Waals surface area contributed by atoms with Crippen LogP contribution in [0.1, 0.15) is 41.7 Å². The second kappa shape index (κ2) is 9.21. The van der Waals surface area contributed by atoms with Crippen LogP contribution in [-0.2, 0) is 6.42 Å². The zero-order chi connectivity index (χ0) is 21.1. The van der Waals surface area contributed by atoms with E-state index in [1.807, 2.05) is 30.3 Å². The third-order valence-electron chi connectivity index (χ3n) is 5.45. The lowest BCUT2D eigenvalue weighted by Gasteiger charge is -2.12. The number of benzene rings is 2. The Morgan fingerprint density at radius 3 is 2.47 bits per heavy atom. The van der Waals surface area contributed by atoms with Crippen LogP contribution in [0.2, 0.25) is 10.0 Å². The van der Waals surface area contributed by atoms with Crippen LogP contribution in [0.4, 0.5) is 0 Å². The molecule has 3 aromatic rings. The molecule has 1 amide bonds. The molecule has 4 rings (SSSR count). The largest absolute Gasteiger partial charge is 0.396 e. The minimum absolute atomic E-state index is 0.0987. The smallest absolute Gasteiger partial charge is 0.272 e. The minimum atomic E-state index is -0.216. The Balaban J connectivity index is 1.88. The highest BCUT2D eigenvalue weighted by molar-refractivity contribution is 6.32. The number of aliphatic hydroxyl groups is 1. The first-order chi connectivity index (χ1) is 14.6. The van der Waals surface area contributed by atoms with Crippen LogP contribution >= 0.6 is 23.2 Å². The number of hydrogen-bond acceptors (Lipinski definition) is 3. The van der Waals surface area contributed by atoms with Gasteiger partial charge in [-0.15, -0.1) is 0 Å². The summed E-state index contributed by atoms with van der Waals surface area (Å²) >= 11 is 12.6. The maximum Gasteiger partial charge on any atom is 0.272 e. The number of carbonyl (C=O) groups excluding carboxylic acids is 1. The lowest BCUT2D eigenvalue weighted by atomic mass is 10.0. The lowest BCUT2D eigenvalue weighted by Crippen LogP contribution is -2.33.